The highest BCUT2D eigenvalue weighted by Crippen LogP contribution is 2.41. The van der Waals surface area contributed by atoms with Gasteiger partial charge < -0.3 is 9.84 Å². The van der Waals surface area contributed by atoms with Gasteiger partial charge in [0, 0.05) is 5.92 Å². The molecule has 0 bridgehead atoms. The Morgan fingerprint density at radius 3 is 2.39 bits per heavy atom. The van der Waals surface area contributed by atoms with Crippen LogP contribution < -0.4 is 0 Å². The maximum absolute atomic E-state index is 12.9. The number of rotatable bonds is 3. The molecule has 4 heteroatoms. The average Bonchev–Trinajstić information content (AvgIpc) is 2.92. The third-order valence-electron chi connectivity index (χ3n) is 3.73. The zero-order valence-corrected chi connectivity index (χ0v) is 10.4. The summed E-state index contributed by atoms with van der Waals surface area (Å²) in [5, 5.41) is 10.7. The zero-order valence-electron chi connectivity index (χ0n) is 10.4. The quantitative estimate of drug-likeness (QED) is 0.840. The van der Waals surface area contributed by atoms with Gasteiger partial charge in [-0.1, -0.05) is 25.0 Å². The van der Waals surface area contributed by atoms with Crippen LogP contribution in [0.3, 0.4) is 0 Å². The van der Waals surface area contributed by atoms with Gasteiger partial charge in [0.25, 0.3) is 0 Å². The van der Waals surface area contributed by atoms with E-state index in [0.717, 1.165) is 25.7 Å². The van der Waals surface area contributed by atoms with Gasteiger partial charge in [-0.15, -0.1) is 0 Å². The SMILES string of the molecule is COC(=O)[C@](O)(c1ccc(F)cc1)C1CCCC1. The summed E-state index contributed by atoms with van der Waals surface area (Å²) in [5.74, 6) is -1.21. The fraction of sp³-hybridized carbons (Fsp3) is 0.500. The second-order valence-corrected chi connectivity index (χ2v) is 4.75. The molecule has 0 unspecified atom stereocenters. The lowest BCUT2D eigenvalue weighted by molar-refractivity contribution is -0.170. The molecule has 0 amide bonds. The first-order valence-electron chi connectivity index (χ1n) is 6.16. The van der Waals surface area contributed by atoms with Crippen LogP contribution in [-0.4, -0.2) is 18.2 Å². The molecule has 1 atom stereocenters. The van der Waals surface area contributed by atoms with Gasteiger partial charge >= 0.3 is 5.97 Å². The highest BCUT2D eigenvalue weighted by atomic mass is 19.1. The summed E-state index contributed by atoms with van der Waals surface area (Å²) in [6.07, 6.45) is 3.54. The highest BCUT2D eigenvalue weighted by molar-refractivity contribution is 5.81. The number of methoxy groups -OCH3 is 1. The number of benzene rings is 1. The molecular formula is C14H17FO3. The molecule has 1 aromatic rings. The molecule has 1 saturated carbocycles. The number of hydrogen-bond acceptors (Lipinski definition) is 3. The van der Waals surface area contributed by atoms with Gasteiger partial charge in [0.15, 0.2) is 5.60 Å². The van der Waals surface area contributed by atoms with Crippen molar-refractivity contribution in [3.8, 4) is 0 Å². The van der Waals surface area contributed by atoms with E-state index in [-0.39, 0.29) is 5.92 Å². The topological polar surface area (TPSA) is 46.5 Å². The van der Waals surface area contributed by atoms with Crippen LogP contribution in [0.15, 0.2) is 24.3 Å². The van der Waals surface area contributed by atoms with Crippen molar-refractivity contribution in [1.29, 1.82) is 0 Å². The van der Waals surface area contributed by atoms with Gasteiger partial charge in [-0.05, 0) is 30.5 Å². The van der Waals surface area contributed by atoms with Crippen molar-refractivity contribution in [2.75, 3.05) is 7.11 Å². The molecule has 0 aliphatic heterocycles. The van der Waals surface area contributed by atoms with Gasteiger partial charge in [-0.25, -0.2) is 9.18 Å². The van der Waals surface area contributed by atoms with E-state index in [9.17, 15) is 14.3 Å². The second kappa shape index (κ2) is 5.06. The van der Waals surface area contributed by atoms with Crippen LogP contribution in [-0.2, 0) is 15.1 Å². The van der Waals surface area contributed by atoms with E-state index < -0.39 is 17.4 Å². The molecule has 3 nitrogen and oxygen atoms in total. The van der Waals surface area contributed by atoms with Crippen LogP contribution in [0.4, 0.5) is 4.39 Å². The molecular weight excluding hydrogens is 235 g/mol. The van der Waals surface area contributed by atoms with Crippen LogP contribution in [0.5, 0.6) is 0 Å². The van der Waals surface area contributed by atoms with Gasteiger partial charge in [0.1, 0.15) is 5.82 Å². The third-order valence-corrected chi connectivity index (χ3v) is 3.73. The normalized spacial score (nSPS) is 19.5. The molecule has 1 aliphatic carbocycles. The highest BCUT2D eigenvalue weighted by Gasteiger charge is 2.47. The molecule has 1 N–H and O–H groups in total. The van der Waals surface area contributed by atoms with Crippen LogP contribution in [0, 0.1) is 11.7 Å². The Morgan fingerprint density at radius 2 is 1.89 bits per heavy atom. The van der Waals surface area contributed by atoms with E-state index in [4.69, 9.17) is 4.74 Å². The van der Waals surface area contributed by atoms with Crippen LogP contribution >= 0.6 is 0 Å². The number of carbonyl (C=O) groups excluding carboxylic acids is 1. The first-order chi connectivity index (χ1) is 8.59. The number of carbonyl (C=O) groups is 1. The Bertz CT molecular complexity index is 423. The third kappa shape index (κ3) is 2.12. The molecule has 2 rings (SSSR count). The smallest absolute Gasteiger partial charge is 0.342 e. The molecule has 0 aromatic heterocycles. The Morgan fingerprint density at radius 1 is 1.33 bits per heavy atom. The summed E-state index contributed by atoms with van der Waals surface area (Å²) < 4.78 is 17.7. The fourth-order valence-corrected chi connectivity index (χ4v) is 2.72. The molecule has 1 aromatic carbocycles. The molecule has 0 spiro atoms. The lowest BCUT2D eigenvalue weighted by Gasteiger charge is -2.31. The summed E-state index contributed by atoms with van der Waals surface area (Å²) in [6, 6.07) is 5.39. The summed E-state index contributed by atoms with van der Waals surface area (Å²) >= 11 is 0. The van der Waals surface area contributed by atoms with E-state index in [2.05, 4.69) is 0 Å². The maximum Gasteiger partial charge on any atom is 0.342 e. The molecule has 1 aliphatic rings. The molecule has 18 heavy (non-hydrogen) atoms. The largest absolute Gasteiger partial charge is 0.467 e. The minimum atomic E-state index is -1.65. The van der Waals surface area contributed by atoms with Crippen molar-refractivity contribution in [3.63, 3.8) is 0 Å². The number of hydrogen-bond donors (Lipinski definition) is 1. The molecule has 98 valence electrons. The van der Waals surface area contributed by atoms with Crippen LogP contribution in [0.2, 0.25) is 0 Å². The number of aliphatic hydroxyl groups is 1. The lowest BCUT2D eigenvalue weighted by atomic mass is 9.80. The Hall–Kier alpha value is -1.42. The van der Waals surface area contributed by atoms with E-state index >= 15 is 0 Å². The van der Waals surface area contributed by atoms with E-state index in [1.807, 2.05) is 0 Å². The summed E-state index contributed by atoms with van der Waals surface area (Å²) in [7, 11) is 1.26. The van der Waals surface area contributed by atoms with Crippen LogP contribution in [0.1, 0.15) is 31.2 Å². The van der Waals surface area contributed by atoms with E-state index in [1.54, 1.807) is 0 Å². The standard InChI is InChI=1S/C14H17FO3/c1-18-13(16)14(17,10-4-2-3-5-10)11-6-8-12(15)9-7-11/h6-10,17H,2-5H2,1H3/t14-/m1/s1. The van der Waals surface area contributed by atoms with Gasteiger partial charge in [0.2, 0.25) is 0 Å². The van der Waals surface area contributed by atoms with Crippen molar-refractivity contribution in [2.45, 2.75) is 31.3 Å². The predicted octanol–water partition coefficient (Wildman–Crippen LogP) is 2.38. The Balaban J connectivity index is 2.40. The minimum absolute atomic E-state index is 0.157. The summed E-state index contributed by atoms with van der Waals surface area (Å²) in [6.45, 7) is 0. The number of ether oxygens (including phenoxy) is 1. The van der Waals surface area contributed by atoms with Gasteiger partial charge in [-0.2, -0.15) is 0 Å². The molecule has 1 fully saturated rings. The van der Waals surface area contributed by atoms with Crippen molar-refractivity contribution >= 4 is 5.97 Å². The lowest BCUT2D eigenvalue weighted by Crippen LogP contribution is -2.43. The van der Waals surface area contributed by atoms with E-state index in [1.165, 1.54) is 31.4 Å². The molecule has 0 heterocycles. The Kier molecular flexibility index (Phi) is 3.66. The van der Waals surface area contributed by atoms with Crippen molar-refractivity contribution in [1.82, 2.24) is 0 Å². The summed E-state index contributed by atoms with van der Waals surface area (Å²) in [5.41, 5.74) is -1.25. The Labute approximate surface area is 106 Å². The van der Waals surface area contributed by atoms with Crippen molar-refractivity contribution < 1.29 is 19.0 Å². The monoisotopic (exact) mass is 252 g/mol. The maximum atomic E-state index is 12.9. The van der Waals surface area contributed by atoms with Crippen molar-refractivity contribution in [3.05, 3.63) is 35.6 Å². The zero-order chi connectivity index (χ0) is 13.2. The summed E-state index contributed by atoms with van der Waals surface area (Å²) in [4.78, 5) is 11.9. The van der Waals surface area contributed by atoms with Gasteiger partial charge in [0.05, 0.1) is 7.11 Å². The van der Waals surface area contributed by atoms with Gasteiger partial charge in [-0.3, -0.25) is 0 Å². The first kappa shape index (κ1) is 13.0. The van der Waals surface area contributed by atoms with E-state index in [0.29, 0.717) is 5.56 Å². The predicted molar refractivity (Wildman–Crippen MR) is 64.3 cm³/mol. The fourth-order valence-electron chi connectivity index (χ4n) is 2.72. The average molecular weight is 252 g/mol. The second-order valence-electron chi connectivity index (χ2n) is 4.75. The first-order valence-corrected chi connectivity index (χ1v) is 6.16. The number of esters is 1. The van der Waals surface area contributed by atoms with Crippen LogP contribution in [0.25, 0.3) is 0 Å². The number of halogens is 1. The molecule has 0 radical (unpaired) electrons. The molecule has 0 saturated heterocycles. The minimum Gasteiger partial charge on any atom is -0.467 e. The van der Waals surface area contributed by atoms with Crippen molar-refractivity contribution in [2.24, 2.45) is 5.92 Å².